The molecule has 0 spiro atoms. The number of nitrogens with one attached hydrogen (secondary N) is 1. The Morgan fingerprint density at radius 1 is 1.03 bits per heavy atom. The maximum Gasteiger partial charge on any atom is 0.150 e. The van der Waals surface area contributed by atoms with Gasteiger partial charge in [0.2, 0.25) is 0 Å². The minimum atomic E-state index is 0.731. The smallest absolute Gasteiger partial charge is 0.150 e. The molecule has 0 bridgehead atoms. The van der Waals surface area contributed by atoms with Gasteiger partial charge < -0.3 is 19.7 Å². The van der Waals surface area contributed by atoms with Crippen LogP contribution in [0.5, 0.6) is 5.75 Å². The van der Waals surface area contributed by atoms with E-state index in [1.165, 1.54) is 49.0 Å². The molecule has 2 aromatic carbocycles. The molecule has 2 aliphatic rings. The van der Waals surface area contributed by atoms with Gasteiger partial charge in [0.05, 0.1) is 19.4 Å². The van der Waals surface area contributed by atoms with Gasteiger partial charge in [0.15, 0.2) is 5.76 Å². The topological polar surface area (TPSA) is 33.7 Å². The van der Waals surface area contributed by atoms with Gasteiger partial charge >= 0.3 is 0 Å². The molecule has 0 saturated carbocycles. The molecule has 29 heavy (non-hydrogen) atoms. The number of benzene rings is 2. The van der Waals surface area contributed by atoms with Crippen molar-refractivity contribution in [2.75, 3.05) is 33.4 Å². The van der Waals surface area contributed by atoms with Crippen molar-refractivity contribution >= 4 is 11.5 Å². The summed E-state index contributed by atoms with van der Waals surface area (Å²) in [5, 5.41) is 3.60. The van der Waals surface area contributed by atoms with Gasteiger partial charge in [-0.05, 0) is 62.5 Å². The van der Waals surface area contributed by atoms with Crippen molar-refractivity contribution in [3.8, 4) is 5.75 Å². The van der Waals surface area contributed by atoms with Gasteiger partial charge in [0, 0.05) is 24.2 Å². The molecule has 4 nitrogen and oxygen atoms in total. The third-order valence-electron chi connectivity index (χ3n) is 5.94. The van der Waals surface area contributed by atoms with Crippen LogP contribution in [0.4, 0.5) is 0 Å². The first-order valence-corrected chi connectivity index (χ1v) is 10.8. The van der Waals surface area contributed by atoms with E-state index in [1.807, 2.05) is 12.1 Å². The molecular formula is C25H32N2O2. The van der Waals surface area contributed by atoms with Crippen LogP contribution >= 0.6 is 0 Å². The second kappa shape index (κ2) is 9.36. The van der Waals surface area contributed by atoms with E-state index in [1.54, 1.807) is 7.11 Å². The molecule has 1 fully saturated rings. The van der Waals surface area contributed by atoms with E-state index in [9.17, 15) is 0 Å². The molecule has 2 aliphatic heterocycles. The maximum absolute atomic E-state index is 6.47. The van der Waals surface area contributed by atoms with Crippen LogP contribution in [0.1, 0.15) is 47.9 Å². The summed E-state index contributed by atoms with van der Waals surface area (Å²) in [5.41, 5.74) is 5.95. The van der Waals surface area contributed by atoms with Crippen LogP contribution in [0, 0.1) is 6.92 Å². The maximum atomic E-state index is 6.47. The lowest BCUT2D eigenvalue weighted by Gasteiger charge is -2.28. The molecule has 4 heteroatoms. The van der Waals surface area contributed by atoms with Gasteiger partial charge in [0.25, 0.3) is 0 Å². The molecule has 0 aliphatic carbocycles. The highest BCUT2D eigenvalue weighted by Crippen LogP contribution is 2.35. The summed E-state index contributed by atoms with van der Waals surface area (Å²) in [6.45, 7) is 7.31. The summed E-state index contributed by atoms with van der Waals surface area (Å²) in [6, 6.07) is 14.7. The number of fused-ring (bicyclic) bond motifs is 1. The average molecular weight is 393 g/mol. The van der Waals surface area contributed by atoms with Crippen molar-refractivity contribution in [1.82, 2.24) is 10.2 Å². The van der Waals surface area contributed by atoms with Crippen LogP contribution in [0.15, 0.2) is 42.5 Å². The van der Waals surface area contributed by atoms with E-state index in [0.29, 0.717) is 0 Å². The first-order valence-electron chi connectivity index (χ1n) is 10.8. The fourth-order valence-corrected chi connectivity index (χ4v) is 4.39. The van der Waals surface area contributed by atoms with Crippen LogP contribution in [0.2, 0.25) is 0 Å². The van der Waals surface area contributed by atoms with Crippen molar-refractivity contribution in [2.24, 2.45) is 0 Å². The van der Waals surface area contributed by atoms with E-state index in [-0.39, 0.29) is 0 Å². The third kappa shape index (κ3) is 4.59. The number of hydrogen-bond acceptors (Lipinski definition) is 4. The van der Waals surface area contributed by atoms with Crippen LogP contribution in [0.3, 0.4) is 0 Å². The van der Waals surface area contributed by atoms with Crippen LogP contribution in [-0.2, 0) is 11.3 Å². The number of ether oxygens (including phenoxy) is 2. The molecule has 1 saturated heterocycles. The second-order valence-corrected chi connectivity index (χ2v) is 8.00. The Hall–Kier alpha value is -2.46. The Balaban J connectivity index is 1.57. The average Bonchev–Trinajstić information content (AvgIpc) is 2.77. The Morgan fingerprint density at radius 2 is 1.86 bits per heavy atom. The SMILES string of the molecule is COc1cccc(C2=C(OCCCN3CCCCC3)c3c(C)cccc3CN2)c1. The zero-order chi connectivity index (χ0) is 20.1. The molecule has 4 rings (SSSR count). The number of methoxy groups -OCH3 is 1. The lowest BCUT2D eigenvalue weighted by Crippen LogP contribution is -2.31. The van der Waals surface area contributed by atoms with Gasteiger partial charge in [-0.25, -0.2) is 0 Å². The number of piperidine rings is 1. The largest absolute Gasteiger partial charge is 0.497 e. The molecule has 0 amide bonds. The van der Waals surface area contributed by atoms with Crippen molar-refractivity contribution in [2.45, 2.75) is 39.2 Å². The van der Waals surface area contributed by atoms with Crippen molar-refractivity contribution < 1.29 is 9.47 Å². The predicted molar refractivity (Wildman–Crippen MR) is 119 cm³/mol. The third-order valence-corrected chi connectivity index (χ3v) is 5.94. The molecule has 154 valence electrons. The van der Waals surface area contributed by atoms with E-state index in [4.69, 9.17) is 9.47 Å². The quantitative estimate of drug-likeness (QED) is 0.685. The molecule has 0 unspecified atom stereocenters. The van der Waals surface area contributed by atoms with E-state index < -0.39 is 0 Å². The molecule has 1 N–H and O–H groups in total. The number of rotatable bonds is 7. The minimum Gasteiger partial charge on any atom is -0.497 e. The molecule has 0 radical (unpaired) electrons. The highest BCUT2D eigenvalue weighted by atomic mass is 16.5. The Labute approximate surface area is 174 Å². The normalized spacial score (nSPS) is 16.9. The molecule has 2 heterocycles. The van der Waals surface area contributed by atoms with Crippen molar-refractivity contribution in [3.63, 3.8) is 0 Å². The summed E-state index contributed by atoms with van der Waals surface area (Å²) in [7, 11) is 1.71. The summed E-state index contributed by atoms with van der Waals surface area (Å²) in [4.78, 5) is 2.57. The second-order valence-electron chi connectivity index (χ2n) is 8.00. The summed E-state index contributed by atoms with van der Waals surface area (Å²) < 4.78 is 11.9. The van der Waals surface area contributed by atoms with E-state index >= 15 is 0 Å². The molecular weight excluding hydrogens is 360 g/mol. The van der Waals surface area contributed by atoms with E-state index in [2.05, 4.69) is 47.5 Å². The highest BCUT2D eigenvalue weighted by molar-refractivity contribution is 5.90. The fourth-order valence-electron chi connectivity index (χ4n) is 4.39. The summed E-state index contributed by atoms with van der Waals surface area (Å²) in [6.07, 6.45) is 5.10. The number of hydrogen-bond donors (Lipinski definition) is 1. The van der Waals surface area contributed by atoms with Crippen LogP contribution in [0.25, 0.3) is 11.5 Å². The molecule has 0 atom stereocenters. The Kier molecular flexibility index (Phi) is 6.40. The number of likely N-dealkylation sites (tertiary alicyclic amines) is 1. The lowest BCUT2D eigenvalue weighted by molar-refractivity contribution is 0.195. The lowest BCUT2D eigenvalue weighted by atomic mass is 9.94. The zero-order valence-electron chi connectivity index (χ0n) is 17.7. The van der Waals surface area contributed by atoms with Gasteiger partial charge in [-0.15, -0.1) is 0 Å². The van der Waals surface area contributed by atoms with Crippen LogP contribution in [-0.4, -0.2) is 38.3 Å². The summed E-state index contributed by atoms with van der Waals surface area (Å²) >= 11 is 0. The fraction of sp³-hybridized carbons (Fsp3) is 0.440. The minimum absolute atomic E-state index is 0.731. The standard InChI is InChI=1S/C25H32N2O2/c1-19-9-6-11-21-18-26-24(20-10-7-12-22(17-20)28-2)25(23(19)21)29-16-8-15-27-13-4-3-5-14-27/h6-7,9-12,17,26H,3-5,8,13-16,18H2,1-2H3. The predicted octanol–water partition coefficient (Wildman–Crippen LogP) is 4.83. The van der Waals surface area contributed by atoms with Gasteiger partial charge in [-0.3, -0.25) is 0 Å². The molecule has 2 aromatic rings. The summed E-state index contributed by atoms with van der Waals surface area (Å²) in [5.74, 6) is 1.83. The number of aryl methyl sites for hydroxylation is 1. The van der Waals surface area contributed by atoms with Crippen LogP contribution < -0.4 is 10.1 Å². The van der Waals surface area contributed by atoms with Crippen molar-refractivity contribution in [1.29, 1.82) is 0 Å². The first-order chi connectivity index (χ1) is 14.3. The zero-order valence-corrected chi connectivity index (χ0v) is 17.7. The van der Waals surface area contributed by atoms with Gasteiger partial charge in [0.1, 0.15) is 5.75 Å². The van der Waals surface area contributed by atoms with Gasteiger partial charge in [-0.1, -0.05) is 36.8 Å². The van der Waals surface area contributed by atoms with Gasteiger partial charge in [-0.2, -0.15) is 0 Å². The van der Waals surface area contributed by atoms with Crippen molar-refractivity contribution in [3.05, 3.63) is 64.7 Å². The monoisotopic (exact) mass is 392 g/mol. The van der Waals surface area contributed by atoms with E-state index in [0.717, 1.165) is 48.9 Å². The number of nitrogens with zero attached hydrogens (tertiary/aromatic N) is 1. The molecule has 0 aromatic heterocycles. The first kappa shape index (κ1) is 19.8. The highest BCUT2D eigenvalue weighted by Gasteiger charge is 2.23. The Morgan fingerprint density at radius 3 is 2.69 bits per heavy atom. The Bertz CT molecular complexity index is 869.